The molecule has 120 valence electrons. The monoisotopic (exact) mass is 314 g/mol. The minimum absolute atomic E-state index is 0.343. The van der Waals surface area contributed by atoms with E-state index in [1.165, 1.54) is 7.11 Å². The van der Waals surface area contributed by atoms with Crippen molar-refractivity contribution in [3.63, 3.8) is 0 Å². The van der Waals surface area contributed by atoms with Gasteiger partial charge in [-0.25, -0.2) is 0 Å². The van der Waals surface area contributed by atoms with Crippen LogP contribution in [0.25, 0.3) is 0 Å². The van der Waals surface area contributed by atoms with E-state index in [1.54, 1.807) is 26.4 Å². The van der Waals surface area contributed by atoms with E-state index < -0.39 is 12.0 Å². The zero-order chi connectivity index (χ0) is 16.4. The molecule has 5 heteroatoms. The molecule has 1 aliphatic heterocycles. The lowest BCUT2D eigenvalue weighted by Crippen LogP contribution is -2.20. The Labute approximate surface area is 134 Å². The van der Waals surface area contributed by atoms with Crippen LogP contribution < -0.4 is 14.2 Å². The summed E-state index contributed by atoms with van der Waals surface area (Å²) in [7, 11) is 4.50. The molecule has 0 saturated carbocycles. The minimum Gasteiger partial charge on any atom is -0.493 e. The Balaban J connectivity index is 2.10. The molecule has 0 radical (unpaired) electrons. The lowest BCUT2D eigenvalue weighted by atomic mass is 9.91. The molecule has 0 aliphatic carbocycles. The highest BCUT2D eigenvalue weighted by Crippen LogP contribution is 2.50. The standard InChI is InChI=1S/C18H18O5/c1-20-14-9-12-13(10-15(14)21-2)23-17(16(12)18(19)22-3)11-7-5-4-6-8-11/h4-10,16-17H,1-3H3/t16-,17+/m0/s1. The third-order valence-corrected chi connectivity index (χ3v) is 3.99. The van der Waals surface area contributed by atoms with Gasteiger partial charge in [0.2, 0.25) is 0 Å². The van der Waals surface area contributed by atoms with Gasteiger partial charge < -0.3 is 18.9 Å². The van der Waals surface area contributed by atoms with Gasteiger partial charge in [-0.05, 0) is 11.6 Å². The number of ether oxygens (including phenoxy) is 4. The van der Waals surface area contributed by atoms with Crippen LogP contribution in [-0.2, 0) is 9.53 Å². The van der Waals surface area contributed by atoms with Crippen molar-refractivity contribution in [2.45, 2.75) is 12.0 Å². The van der Waals surface area contributed by atoms with Crippen LogP contribution in [0.1, 0.15) is 23.1 Å². The van der Waals surface area contributed by atoms with Gasteiger partial charge in [-0.1, -0.05) is 30.3 Å². The fraction of sp³-hybridized carbons (Fsp3) is 0.278. The van der Waals surface area contributed by atoms with E-state index in [0.717, 1.165) is 11.1 Å². The summed E-state index contributed by atoms with van der Waals surface area (Å²) in [5.41, 5.74) is 1.65. The fourth-order valence-electron chi connectivity index (χ4n) is 2.87. The van der Waals surface area contributed by atoms with Crippen LogP contribution in [0.4, 0.5) is 0 Å². The molecule has 0 saturated heterocycles. The Morgan fingerprint density at radius 1 is 1.00 bits per heavy atom. The SMILES string of the molecule is COC(=O)[C@H]1c2cc(OC)c(OC)cc2O[C@@H]1c1ccccc1. The van der Waals surface area contributed by atoms with Gasteiger partial charge >= 0.3 is 5.97 Å². The molecule has 0 aromatic heterocycles. The van der Waals surface area contributed by atoms with E-state index in [-0.39, 0.29) is 5.97 Å². The van der Waals surface area contributed by atoms with Gasteiger partial charge in [0.1, 0.15) is 17.8 Å². The van der Waals surface area contributed by atoms with Crippen LogP contribution in [0.2, 0.25) is 0 Å². The Bertz CT molecular complexity index is 711. The summed E-state index contributed by atoms with van der Waals surface area (Å²) in [5.74, 6) is 0.829. The summed E-state index contributed by atoms with van der Waals surface area (Å²) >= 11 is 0. The maximum atomic E-state index is 12.3. The molecule has 3 rings (SSSR count). The number of fused-ring (bicyclic) bond motifs is 1. The van der Waals surface area contributed by atoms with E-state index in [1.807, 2.05) is 30.3 Å². The van der Waals surface area contributed by atoms with Gasteiger partial charge in [-0.15, -0.1) is 0 Å². The van der Waals surface area contributed by atoms with Crippen LogP contribution in [0.15, 0.2) is 42.5 Å². The van der Waals surface area contributed by atoms with E-state index in [9.17, 15) is 4.79 Å². The van der Waals surface area contributed by atoms with E-state index >= 15 is 0 Å². The van der Waals surface area contributed by atoms with Crippen LogP contribution in [0, 0.1) is 0 Å². The highest BCUT2D eigenvalue weighted by atomic mass is 16.5. The van der Waals surface area contributed by atoms with Crippen LogP contribution in [0.3, 0.4) is 0 Å². The highest BCUT2D eigenvalue weighted by Gasteiger charge is 2.42. The van der Waals surface area contributed by atoms with Crippen molar-refractivity contribution < 1.29 is 23.7 Å². The molecule has 1 heterocycles. The molecule has 2 aromatic rings. The van der Waals surface area contributed by atoms with Gasteiger partial charge in [0.05, 0.1) is 21.3 Å². The van der Waals surface area contributed by atoms with Crippen molar-refractivity contribution in [3.05, 3.63) is 53.6 Å². The van der Waals surface area contributed by atoms with Crippen LogP contribution >= 0.6 is 0 Å². The van der Waals surface area contributed by atoms with E-state index in [4.69, 9.17) is 18.9 Å². The van der Waals surface area contributed by atoms with Gasteiger partial charge in [0.25, 0.3) is 0 Å². The Morgan fingerprint density at radius 3 is 2.26 bits per heavy atom. The number of esters is 1. The molecule has 0 spiro atoms. The summed E-state index contributed by atoms with van der Waals surface area (Å²) < 4.78 is 21.7. The van der Waals surface area contributed by atoms with Crippen molar-refractivity contribution in [1.82, 2.24) is 0 Å². The number of benzene rings is 2. The quantitative estimate of drug-likeness (QED) is 0.812. The maximum absolute atomic E-state index is 12.3. The molecule has 0 bridgehead atoms. The predicted molar refractivity (Wildman–Crippen MR) is 84.1 cm³/mol. The molecular formula is C18H18O5. The first-order valence-electron chi connectivity index (χ1n) is 7.25. The Morgan fingerprint density at radius 2 is 1.65 bits per heavy atom. The molecule has 0 fully saturated rings. The number of rotatable bonds is 4. The summed E-state index contributed by atoms with van der Waals surface area (Å²) in [6.07, 6.45) is -0.435. The van der Waals surface area contributed by atoms with Crippen molar-refractivity contribution in [1.29, 1.82) is 0 Å². The third kappa shape index (κ3) is 2.59. The molecule has 0 N–H and O–H groups in total. The molecule has 2 aromatic carbocycles. The van der Waals surface area contributed by atoms with E-state index in [2.05, 4.69) is 0 Å². The molecule has 23 heavy (non-hydrogen) atoms. The van der Waals surface area contributed by atoms with Crippen molar-refractivity contribution in [3.8, 4) is 17.2 Å². The second kappa shape index (κ2) is 6.20. The lowest BCUT2D eigenvalue weighted by molar-refractivity contribution is -0.144. The molecule has 2 atom stereocenters. The fourth-order valence-corrected chi connectivity index (χ4v) is 2.87. The summed E-state index contributed by atoms with van der Waals surface area (Å²) in [5, 5.41) is 0. The zero-order valence-corrected chi connectivity index (χ0v) is 13.2. The number of carbonyl (C=O) groups excluding carboxylic acids is 1. The first-order chi connectivity index (χ1) is 11.2. The van der Waals surface area contributed by atoms with Gasteiger partial charge in [-0.2, -0.15) is 0 Å². The average molecular weight is 314 g/mol. The largest absolute Gasteiger partial charge is 0.493 e. The maximum Gasteiger partial charge on any atom is 0.317 e. The molecular weight excluding hydrogens is 296 g/mol. The summed E-state index contributed by atoms with van der Waals surface area (Å²) in [4.78, 5) is 12.3. The second-order valence-electron chi connectivity index (χ2n) is 5.19. The highest BCUT2D eigenvalue weighted by molar-refractivity contribution is 5.82. The van der Waals surface area contributed by atoms with Gasteiger partial charge in [-0.3, -0.25) is 4.79 Å². The van der Waals surface area contributed by atoms with Gasteiger partial charge in [0.15, 0.2) is 11.5 Å². The van der Waals surface area contributed by atoms with Crippen molar-refractivity contribution in [2.75, 3.05) is 21.3 Å². The van der Waals surface area contributed by atoms with Crippen LogP contribution in [-0.4, -0.2) is 27.3 Å². The predicted octanol–water partition coefficient (Wildman–Crippen LogP) is 3.09. The third-order valence-electron chi connectivity index (χ3n) is 3.99. The number of hydrogen-bond acceptors (Lipinski definition) is 5. The number of hydrogen-bond donors (Lipinski definition) is 0. The topological polar surface area (TPSA) is 54.0 Å². The molecule has 5 nitrogen and oxygen atoms in total. The van der Waals surface area contributed by atoms with Crippen molar-refractivity contribution >= 4 is 5.97 Å². The smallest absolute Gasteiger partial charge is 0.317 e. The lowest BCUT2D eigenvalue weighted by Gasteiger charge is -2.17. The van der Waals surface area contributed by atoms with E-state index in [0.29, 0.717) is 17.2 Å². The molecule has 0 amide bonds. The van der Waals surface area contributed by atoms with Crippen LogP contribution in [0.5, 0.6) is 17.2 Å². The second-order valence-corrected chi connectivity index (χ2v) is 5.19. The normalized spacial score (nSPS) is 18.7. The first-order valence-corrected chi connectivity index (χ1v) is 7.25. The first kappa shape index (κ1) is 15.2. The number of carbonyl (C=O) groups is 1. The van der Waals surface area contributed by atoms with Gasteiger partial charge in [0, 0.05) is 11.6 Å². The number of methoxy groups -OCH3 is 3. The minimum atomic E-state index is -0.544. The summed E-state index contributed by atoms with van der Waals surface area (Å²) in [6, 6.07) is 13.1. The molecule has 1 aliphatic rings. The average Bonchev–Trinajstić information content (AvgIpc) is 2.98. The zero-order valence-electron chi connectivity index (χ0n) is 13.2. The molecule has 0 unspecified atom stereocenters. The summed E-state index contributed by atoms with van der Waals surface area (Å²) in [6.45, 7) is 0. The Hall–Kier alpha value is -2.69. The van der Waals surface area contributed by atoms with Crippen molar-refractivity contribution in [2.24, 2.45) is 0 Å². The Kier molecular flexibility index (Phi) is 4.10.